The number of halogens is 12. The summed E-state index contributed by atoms with van der Waals surface area (Å²) in [7, 11) is -5.51. The van der Waals surface area contributed by atoms with Crippen LogP contribution in [0.5, 0.6) is 0 Å². The van der Waals surface area contributed by atoms with Crippen molar-refractivity contribution in [2.75, 3.05) is 0 Å². The molecule has 0 bridgehead atoms. The van der Waals surface area contributed by atoms with Crippen molar-refractivity contribution in [2.45, 2.75) is 24.7 Å². The van der Waals surface area contributed by atoms with E-state index < -0.39 is 77.1 Å². The Morgan fingerprint density at radius 2 is 0.750 bits per heavy atom. The highest BCUT2D eigenvalue weighted by Gasteiger charge is 2.43. The number of benzene rings is 2. The van der Waals surface area contributed by atoms with E-state index >= 15 is 0 Å². The van der Waals surface area contributed by atoms with Crippen molar-refractivity contribution in [3.63, 3.8) is 0 Å². The van der Waals surface area contributed by atoms with E-state index in [4.69, 9.17) is 5.90 Å². The Hall–Kier alpha value is -2.25. The van der Waals surface area contributed by atoms with E-state index in [0.29, 0.717) is 0 Å². The second kappa shape index (κ2) is 7.96. The SMILES string of the molecule is NOP(=O)(c1cc(C(F)(F)F)cc(C(F)(F)F)c1)c1cc(C(F)(F)F)cc(C(F)(F)F)c1. The first-order chi connectivity index (χ1) is 14.2. The van der Waals surface area contributed by atoms with Crippen molar-refractivity contribution in [2.24, 2.45) is 5.90 Å². The molecule has 0 saturated heterocycles. The Labute approximate surface area is 170 Å². The molecule has 0 fully saturated rings. The minimum atomic E-state index is -5.51. The molecular formula is C16H8F12NO2P. The summed E-state index contributed by atoms with van der Waals surface area (Å²) in [5.41, 5.74) is -8.16. The zero-order valence-electron chi connectivity index (χ0n) is 14.8. The monoisotopic (exact) mass is 505 g/mol. The second-order valence-electron chi connectivity index (χ2n) is 6.19. The lowest BCUT2D eigenvalue weighted by Crippen LogP contribution is -2.26. The minimum Gasteiger partial charge on any atom is -0.281 e. The van der Waals surface area contributed by atoms with E-state index in [1.165, 1.54) is 0 Å². The van der Waals surface area contributed by atoms with Gasteiger partial charge in [-0.25, -0.2) is 10.5 Å². The van der Waals surface area contributed by atoms with Gasteiger partial charge in [-0.05, 0) is 36.4 Å². The molecule has 16 heteroatoms. The molecule has 0 spiro atoms. The van der Waals surface area contributed by atoms with Crippen LogP contribution in [0.15, 0.2) is 36.4 Å². The highest BCUT2D eigenvalue weighted by molar-refractivity contribution is 7.74. The molecule has 2 aromatic rings. The molecule has 0 aliphatic carbocycles. The van der Waals surface area contributed by atoms with Gasteiger partial charge in [-0.15, -0.1) is 0 Å². The van der Waals surface area contributed by atoms with E-state index in [9.17, 15) is 57.3 Å². The van der Waals surface area contributed by atoms with Crippen LogP contribution in [-0.2, 0) is 33.9 Å². The van der Waals surface area contributed by atoms with Crippen molar-refractivity contribution in [3.05, 3.63) is 58.7 Å². The molecule has 178 valence electrons. The zero-order valence-corrected chi connectivity index (χ0v) is 15.7. The third-order valence-corrected chi connectivity index (χ3v) is 6.15. The zero-order chi connectivity index (χ0) is 24.9. The molecule has 0 radical (unpaired) electrons. The molecule has 3 nitrogen and oxygen atoms in total. The van der Waals surface area contributed by atoms with E-state index in [0.717, 1.165) is 0 Å². The molecule has 2 N–H and O–H groups in total. The largest absolute Gasteiger partial charge is 0.416 e. The maximum absolute atomic E-state index is 13.1. The molecule has 0 unspecified atom stereocenters. The van der Waals surface area contributed by atoms with Gasteiger partial charge in [0.1, 0.15) is 0 Å². The number of hydrogen-bond acceptors (Lipinski definition) is 3. The van der Waals surface area contributed by atoms with Crippen molar-refractivity contribution >= 4 is 18.0 Å². The van der Waals surface area contributed by atoms with Crippen LogP contribution in [0.2, 0.25) is 0 Å². The van der Waals surface area contributed by atoms with E-state index in [-0.39, 0.29) is 24.3 Å². The Morgan fingerprint density at radius 3 is 0.906 bits per heavy atom. The van der Waals surface area contributed by atoms with Crippen LogP contribution in [0.3, 0.4) is 0 Å². The third kappa shape index (κ3) is 5.38. The molecule has 32 heavy (non-hydrogen) atoms. The van der Waals surface area contributed by atoms with Gasteiger partial charge >= 0.3 is 24.7 Å². The third-order valence-electron chi connectivity index (χ3n) is 3.97. The lowest BCUT2D eigenvalue weighted by atomic mass is 10.1. The number of nitrogens with two attached hydrogens (primary N) is 1. The summed E-state index contributed by atoms with van der Waals surface area (Å²) >= 11 is 0. The first-order valence-electron chi connectivity index (χ1n) is 7.78. The topological polar surface area (TPSA) is 52.3 Å². The predicted molar refractivity (Wildman–Crippen MR) is 85.0 cm³/mol. The standard InChI is InChI=1S/C16H8F12NO2P/c17-13(18,19)7-1-8(14(20,21)22)4-11(3-7)32(30,31-29)12-5-9(15(23,24)25)2-10(6-12)16(26,27)28/h1-6H,29H2. The molecule has 0 aliphatic heterocycles. The maximum Gasteiger partial charge on any atom is 0.416 e. The van der Waals surface area contributed by atoms with Crippen molar-refractivity contribution in [1.82, 2.24) is 0 Å². The lowest BCUT2D eigenvalue weighted by molar-refractivity contribution is -0.144. The first kappa shape index (κ1) is 26.0. The van der Waals surface area contributed by atoms with Crippen LogP contribution in [0.1, 0.15) is 22.3 Å². The van der Waals surface area contributed by atoms with E-state index in [1.54, 1.807) is 0 Å². The summed E-state index contributed by atoms with van der Waals surface area (Å²) < 4.78 is 174. The lowest BCUT2D eigenvalue weighted by Gasteiger charge is -2.22. The van der Waals surface area contributed by atoms with Crippen molar-refractivity contribution < 1.29 is 61.9 Å². The van der Waals surface area contributed by atoms with Crippen LogP contribution < -0.4 is 16.5 Å². The predicted octanol–water partition coefficient (Wildman–Crippen LogP) is 5.88. The van der Waals surface area contributed by atoms with Gasteiger partial charge in [0.2, 0.25) is 0 Å². The van der Waals surface area contributed by atoms with Gasteiger partial charge in [-0.3, -0.25) is 4.57 Å². The average molecular weight is 505 g/mol. The fraction of sp³-hybridized carbons (Fsp3) is 0.250. The molecule has 0 aliphatic rings. The fourth-order valence-electron chi connectivity index (χ4n) is 2.49. The van der Waals surface area contributed by atoms with Gasteiger partial charge in [0.15, 0.2) is 0 Å². The van der Waals surface area contributed by atoms with Crippen LogP contribution >= 0.6 is 7.37 Å². The molecule has 0 aromatic heterocycles. The molecule has 0 heterocycles. The Balaban J connectivity index is 2.92. The summed E-state index contributed by atoms with van der Waals surface area (Å²) in [4.78, 5) is 0. The van der Waals surface area contributed by atoms with Gasteiger partial charge in [-0.2, -0.15) is 52.7 Å². The molecule has 0 amide bonds. The maximum atomic E-state index is 13.1. The minimum absolute atomic E-state index is 0.170. The molecular weight excluding hydrogens is 497 g/mol. The highest BCUT2D eigenvalue weighted by Crippen LogP contribution is 2.47. The Bertz CT molecular complexity index is 909. The van der Waals surface area contributed by atoms with E-state index in [2.05, 4.69) is 4.62 Å². The smallest absolute Gasteiger partial charge is 0.281 e. The van der Waals surface area contributed by atoms with Crippen LogP contribution in [0.4, 0.5) is 52.7 Å². The molecule has 0 saturated carbocycles. The summed E-state index contributed by atoms with van der Waals surface area (Å²) in [6.07, 6.45) is -21.8. The number of rotatable bonds is 3. The quantitative estimate of drug-likeness (QED) is 0.322. The van der Waals surface area contributed by atoms with Gasteiger partial charge in [0, 0.05) is 10.6 Å². The first-order valence-corrected chi connectivity index (χ1v) is 9.40. The van der Waals surface area contributed by atoms with Crippen LogP contribution in [-0.4, -0.2) is 0 Å². The van der Waals surface area contributed by atoms with Gasteiger partial charge in [-0.1, -0.05) is 0 Å². The molecule has 2 aromatic carbocycles. The summed E-state index contributed by atoms with van der Waals surface area (Å²) in [6, 6.07) is -1.46. The summed E-state index contributed by atoms with van der Waals surface area (Å²) in [5.74, 6) is 4.72. The second-order valence-corrected chi connectivity index (χ2v) is 8.53. The Kier molecular flexibility index (Phi) is 6.47. The molecule has 0 atom stereocenters. The highest BCUT2D eigenvalue weighted by atomic mass is 31.2. The normalized spacial score (nSPS) is 14.0. The number of hydrogen-bond donors (Lipinski definition) is 1. The summed E-state index contributed by atoms with van der Waals surface area (Å²) in [6.45, 7) is 0. The molecule has 2 rings (SSSR count). The number of alkyl halides is 12. The van der Waals surface area contributed by atoms with Gasteiger partial charge < -0.3 is 0 Å². The van der Waals surface area contributed by atoms with Crippen LogP contribution in [0, 0.1) is 0 Å². The van der Waals surface area contributed by atoms with Crippen LogP contribution in [0.25, 0.3) is 0 Å². The van der Waals surface area contributed by atoms with Crippen molar-refractivity contribution in [3.8, 4) is 0 Å². The summed E-state index contributed by atoms with van der Waals surface area (Å²) in [5, 5.41) is -3.04. The average Bonchev–Trinajstić information content (AvgIpc) is 2.63. The van der Waals surface area contributed by atoms with Gasteiger partial charge in [0.05, 0.1) is 22.3 Å². The van der Waals surface area contributed by atoms with E-state index in [1.807, 2.05) is 0 Å². The van der Waals surface area contributed by atoms with Crippen molar-refractivity contribution in [1.29, 1.82) is 0 Å². The Morgan fingerprint density at radius 1 is 0.531 bits per heavy atom. The fourth-order valence-corrected chi connectivity index (χ4v) is 4.27. The van der Waals surface area contributed by atoms with Gasteiger partial charge in [0.25, 0.3) is 7.37 Å².